The zero-order valence-electron chi connectivity index (χ0n) is 6.30. The van der Waals surface area contributed by atoms with Crippen molar-refractivity contribution in [2.75, 3.05) is 13.7 Å². The largest absolute Gasteiger partial charge is 0.396 e. The maximum absolute atomic E-state index is 8.45. The van der Waals surface area contributed by atoms with E-state index in [9.17, 15) is 0 Å². The average Bonchev–Trinajstić information content (AvgIpc) is 1.96. The fourth-order valence-corrected chi connectivity index (χ4v) is 0.370. The van der Waals surface area contributed by atoms with Crippen molar-refractivity contribution < 1.29 is 5.11 Å². The first kappa shape index (κ1) is 11.5. The van der Waals surface area contributed by atoms with Gasteiger partial charge < -0.3 is 10.8 Å². The molecule has 56 valence electrons. The van der Waals surface area contributed by atoms with E-state index in [0.29, 0.717) is 5.92 Å². The van der Waals surface area contributed by atoms with Gasteiger partial charge in [-0.3, -0.25) is 0 Å². The van der Waals surface area contributed by atoms with Crippen LogP contribution in [-0.4, -0.2) is 18.8 Å². The van der Waals surface area contributed by atoms with Crippen molar-refractivity contribution in [2.45, 2.75) is 13.3 Å². The van der Waals surface area contributed by atoms with Crippen LogP contribution in [-0.2, 0) is 0 Å². The van der Waals surface area contributed by atoms with Crippen molar-refractivity contribution in [2.24, 2.45) is 11.7 Å². The molecule has 0 heterocycles. The molecule has 0 saturated heterocycles. The minimum absolute atomic E-state index is 0.236. The van der Waals surface area contributed by atoms with Gasteiger partial charge in [0.25, 0.3) is 0 Å². The minimum Gasteiger partial charge on any atom is -0.396 e. The summed E-state index contributed by atoms with van der Waals surface area (Å²) in [6.45, 7) is 5.81. The number of hydrogen-bond donors (Lipinski definition) is 2. The molecule has 0 aromatic carbocycles. The molecule has 0 aliphatic rings. The molecule has 2 nitrogen and oxygen atoms in total. The van der Waals surface area contributed by atoms with Crippen molar-refractivity contribution >= 4 is 0 Å². The number of aliphatic hydroxyl groups excluding tert-OH is 1. The van der Waals surface area contributed by atoms with Crippen LogP contribution in [0.25, 0.3) is 0 Å². The Morgan fingerprint density at radius 3 is 2.11 bits per heavy atom. The van der Waals surface area contributed by atoms with E-state index in [-0.39, 0.29) is 6.61 Å². The monoisotopic (exact) mass is 131 g/mol. The topological polar surface area (TPSA) is 46.2 Å². The summed E-state index contributed by atoms with van der Waals surface area (Å²) in [6.07, 6.45) is 2.76. The van der Waals surface area contributed by atoms with Crippen LogP contribution < -0.4 is 5.73 Å². The highest BCUT2D eigenvalue weighted by molar-refractivity contribution is 4.76. The summed E-state index contributed by atoms with van der Waals surface area (Å²) in [5.74, 6) is 0.306. The van der Waals surface area contributed by atoms with Crippen LogP contribution in [0.1, 0.15) is 13.3 Å². The normalized spacial score (nSPS) is 11.1. The molecule has 1 atom stereocenters. The van der Waals surface area contributed by atoms with Gasteiger partial charge >= 0.3 is 0 Å². The highest BCUT2D eigenvalue weighted by Crippen LogP contribution is 1.99. The quantitative estimate of drug-likeness (QED) is 0.556. The molecule has 0 spiro atoms. The third-order valence-electron chi connectivity index (χ3n) is 1.09. The van der Waals surface area contributed by atoms with Gasteiger partial charge in [-0.2, -0.15) is 0 Å². The highest BCUT2D eigenvalue weighted by atomic mass is 16.3. The van der Waals surface area contributed by atoms with E-state index in [1.165, 1.54) is 7.05 Å². The van der Waals surface area contributed by atoms with Gasteiger partial charge in [-0.15, -0.1) is 6.58 Å². The Balaban J connectivity index is 0. The molecule has 0 aliphatic heterocycles. The second-order valence-electron chi connectivity index (χ2n) is 1.59. The molecule has 3 N–H and O–H groups in total. The van der Waals surface area contributed by atoms with Crippen molar-refractivity contribution in [1.29, 1.82) is 0 Å². The number of nitrogens with two attached hydrogens (primary N) is 1. The molecule has 2 heteroatoms. The Bertz CT molecular complexity index is 50.9. The number of hydrogen-bond acceptors (Lipinski definition) is 2. The van der Waals surface area contributed by atoms with Crippen molar-refractivity contribution in [3.05, 3.63) is 12.7 Å². The first-order valence-electron chi connectivity index (χ1n) is 3.16. The number of aliphatic hydroxyl groups is 1. The molecule has 0 saturated carbocycles. The van der Waals surface area contributed by atoms with Gasteiger partial charge in [-0.25, -0.2) is 0 Å². The van der Waals surface area contributed by atoms with Crippen LogP contribution >= 0.6 is 0 Å². The molecule has 0 radical (unpaired) electrons. The zero-order chi connectivity index (χ0) is 7.70. The average molecular weight is 131 g/mol. The van der Waals surface area contributed by atoms with Crippen LogP contribution in [0.5, 0.6) is 0 Å². The molecule has 0 aliphatic carbocycles. The summed E-state index contributed by atoms with van der Waals surface area (Å²) in [6, 6.07) is 0. The Labute approximate surface area is 57.4 Å². The second kappa shape index (κ2) is 10.6. The van der Waals surface area contributed by atoms with E-state index in [0.717, 1.165) is 6.42 Å². The van der Waals surface area contributed by atoms with Crippen molar-refractivity contribution in [3.8, 4) is 0 Å². The minimum atomic E-state index is 0.236. The standard InChI is InChI=1S/C6H12O.CH5N/c1-3-6(4-2)5-7;1-2/h3,6-7H,1,4-5H2,2H3;2H2,1H3/t6-;/m0./s1. The van der Waals surface area contributed by atoms with E-state index < -0.39 is 0 Å². The van der Waals surface area contributed by atoms with E-state index in [1.54, 1.807) is 6.08 Å². The van der Waals surface area contributed by atoms with Gasteiger partial charge in [-0.05, 0) is 19.4 Å². The fourth-order valence-electron chi connectivity index (χ4n) is 0.370. The summed E-state index contributed by atoms with van der Waals surface area (Å²) < 4.78 is 0. The fraction of sp³-hybridized carbons (Fsp3) is 0.714. The summed E-state index contributed by atoms with van der Waals surface area (Å²) in [5, 5.41) is 8.45. The van der Waals surface area contributed by atoms with Gasteiger partial charge in [0.2, 0.25) is 0 Å². The Morgan fingerprint density at radius 1 is 1.67 bits per heavy atom. The molecule has 0 aromatic heterocycles. The molecular weight excluding hydrogens is 114 g/mol. The maximum Gasteiger partial charge on any atom is 0.0493 e. The summed E-state index contributed by atoms with van der Waals surface area (Å²) in [4.78, 5) is 0. The van der Waals surface area contributed by atoms with Crippen LogP contribution in [0.15, 0.2) is 12.7 Å². The summed E-state index contributed by atoms with van der Waals surface area (Å²) in [7, 11) is 1.50. The highest BCUT2D eigenvalue weighted by Gasteiger charge is 1.93. The molecular formula is C7H17NO. The molecule has 0 amide bonds. The lowest BCUT2D eigenvalue weighted by Gasteiger charge is -2.00. The van der Waals surface area contributed by atoms with Crippen molar-refractivity contribution in [1.82, 2.24) is 0 Å². The van der Waals surface area contributed by atoms with E-state index >= 15 is 0 Å². The van der Waals surface area contributed by atoms with E-state index in [2.05, 4.69) is 12.3 Å². The Morgan fingerprint density at radius 2 is 2.11 bits per heavy atom. The molecule has 9 heavy (non-hydrogen) atoms. The predicted octanol–water partition coefficient (Wildman–Crippen LogP) is 0.766. The first-order valence-corrected chi connectivity index (χ1v) is 3.16. The Kier molecular flexibility index (Phi) is 13.5. The smallest absolute Gasteiger partial charge is 0.0493 e. The SMILES string of the molecule is C=C[C@@H](CC)CO.CN. The summed E-state index contributed by atoms with van der Waals surface area (Å²) >= 11 is 0. The van der Waals surface area contributed by atoms with Gasteiger partial charge in [0.15, 0.2) is 0 Å². The van der Waals surface area contributed by atoms with Gasteiger partial charge in [0, 0.05) is 6.61 Å². The summed E-state index contributed by atoms with van der Waals surface area (Å²) in [5.41, 5.74) is 4.50. The van der Waals surface area contributed by atoms with E-state index in [4.69, 9.17) is 5.11 Å². The van der Waals surface area contributed by atoms with Gasteiger partial charge in [0.05, 0.1) is 0 Å². The van der Waals surface area contributed by atoms with Gasteiger partial charge in [0.1, 0.15) is 0 Å². The van der Waals surface area contributed by atoms with Crippen LogP contribution in [0.4, 0.5) is 0 Å². The van der Waals surface area contributed by atoms with Gasteiger partial charge in [-0.1, -0.05) is 13.0 Å². The molecule has 0 rings (SSSR count). The molecule has 0 aromatic rings. The second-order valence-corrected chi connectivity index (χ2v) is 1.59. The molecule has 0 bridgehead atoms. The van der Waals surface area contributed by atoms with Crippen molar-refractivity contribution in [3.63, 3.8) is 0 Å². The van der Waals surface area contributed by atoms with Crippen LogP contribution in [0, 0.1) is 5.92 Å². The third-order valence-corrected chi connectivity index (χ3v) is 1.09. The lowest BCUT2D eigenvalue weighted by Crippen LogP contribution is -1.98. The van der Waals surface area contributed by atoms with Crippen LogP contribution in [0.3, 0.4) is 0 Å². The predicted molar refractivity (Wildman–Crippen MR) is 41.2 cm³/mol. The third kappa shape index (κ3) is 7.66. The lowest BCUT2D eigenvalue weighted by molar-refractivity contribution is 0.250. The van der Waals surface area contributed by atoms with Crippen LogP contribution in [0.2, 0.25) is 0 Å². The Hall–Kier alpha value is -0.340. The van der Waals surface area contributed by atoms with E-state index in [1.807, 2.05) is 6.92 Å². The first-order chi connectivity index (χ1) is 4.35. The number of rotatable bonds is 3. The zero-order valence-corrected chi connectivity index (χ0v) is 6.30. The molecule has 0 unspecified atom stereocenters. The maximum atomic E-state index is 8.45. The molecule has 0 fully saturated rings. The lowest BCUT2D eigenvalue weighted by atomic mass is 10.1.